The molecular formula is C14H23N5S. The summed E-state index contributed by atoms with van der Waals surface area (Å²) < 4.78 is 0. The molecule has 2 heterocycles. The molecule has 0 radical (unpaired) electrons. The average molecular weight is 293 g/mol. The van der Waals surface area contributed by atoms with Crippen LogP contribution in [-0.4, -0.2) is 41.0 Å². The second kappa shape index (κ2) is 6.85. The highest BCUT2D eigenvalue weighted by atomic mass is 32.1. The van der Waals surface area contributed by atoms with Crippen LogP contribution in [0.5, 0.6) is 0 Å². The van der Waals surface area contributed by atoms with Crippen LogP contribution in [0.3, 0.4) is 0 Å². The minimum Gasteiger partial charge on any atom is -0.383 e. The molecule has 2 aromatic rings. The molecule has 0 aliphatic rings. The van der Waals surface area contributed by atoms with Crippen molar-refractivity contribution < 1.29 is 0 Å². The van der Waals surface area contributed by atoms with Crippen molar-refractivity contribution in [2.45, 2.75) is 27.2 Å². The molecule has 0 unspecified atom stereocenters. The molecule has 0 saturated carbocycles. The van der Waals surface area contributed by atoms with E-state index in [1.165, 1.54) is 4.88 Å². The Hall–Kier alpha value is -1.40. The molecule has 6 heteroatoms. The molecule has 3 N–H and O–H groups in total. The molecule has 0 aliphatic heterocycles. The first-order valence-electron chi connectivity index (χ1n) is 7.20. The van der Waals surface area contributed by atoms with Crippen molar-refractivity contribution in [3.8, 4) is 0 Å². The maximum atomic E-state index is 6.01. The number of nitrogens with one attached hydrogen (secondary N) is 1. The van der Waals surface area contributed by atoms with Crippen molar-refractivity contribution >= 4 is 33.3 Å². The molecule has 0 spiro atoms. The van der Waals surface area contributed by atoms with Gasteiger partial charge in [-0.1, -0.05) is 20.8 Å². The van der Waals surface area contributed by atoms with Gasteiger partial charge in [-0.15, -0.1) is 11.3 Å². The Kier molecular flexibility index (Phi) is 5.14. The third-order valence-corrected chi connectivity index (χ3v) is 4.60. The van der Waals surface area contributed by atoms with E-state index in [2.05, 4.69) is 47.0 Å². The third-order valence-electron chi connectivity index (χ3n) is 3.43. The zero-order chi connectivity index (χ0) is 14.5. The van der Waals surface area contributed by atoms with Crippen LogP contribution in [0.4, 0.5) is 11.8 Å². The fraction of sp³-hybridized carbons (Fsp3) is 0.571. The fourth-order valence-electron chi connectivity index (χ4n) is 2.11. The van der Waals surface area contributed by atoms with Crippen LogP contribution in [0.25, 0.3) is 10.2 Å². The minimum atomic E-state index is 0.566. The van der Waals surface area contributed by atoms with Crippen LogP contribution in [0, 0.1) is 0 Å². The Balaban J connectivity index is 2.07. The summed E-state index contributed by atoms with van der Waals surface area (Å²) in [4.78, 5) is 13.5. The van der Waals surface area contributed by atoms with Crippen LogP contribution in [-0.2, 0) is 6.42 Å². The van der Waals surface area contributed by atoms with Gasteiger partial charge in [-0.3, -0.25) is 0 Å². The van der Waals surface area contributed by atoms with Gasteiger partial charge in [0.2, 0.25) is 5.95 Å². The van der Waals surface area contributed by atoms with E-state index in [-0.39, 0.29) is 0 Å². The molecule has 0 atom stereocenters. The van der Waals surface area contributed by atoms with Crippen LogP contribution < -0.4 is 11.1 Å². The SMILES string of the molecule is CCc1cc2c(N)nc(NCCN(CC)CC)nc2s1. The van der Waals surface area contributed by atoms with Crippen molar-refractivity contribution in [3.63, 3.8) is 0 Å². The third kappa shape index (κ3) is 3.37. The van der Waals surface area contributed by atoms with Crippen molar-refractivity contribution in [2.24, 2.45) is 0 Å². The standard InChI is InChI=1S/C14H23N5S/c1-4-10-9-11-12(15)17-14(18-13(11)20-10)16-7-8-19(5-2)6-3/h9H,4-8H2,1-3H3,(H3,15,16,17,18). The Morgan fingerprint density at radius 2 is 2.00 bits per heavy atom. The Morgan fingerprint density at radius 1 is 1.25 bits per heavy atom. The first-order valence-corrected chi connectivity index (χ1v) is 8.01. The summed E-state index contributed by atoms with van der Waals surface area (Å²) in [6, 6.07) is 2.09. The van der Waals surface area contributed by atoms with Crippen LogP contribution in [0.1, 0.15) is 25.6 Å². The highest BCUT2D eigenvalue weighted by Gasteiger charge is 2.09. The van der Waals surface area contributed by atoms with E-state index in [1.807, 2.05) is 0 Å². The van der Waals surface area contributed by atoms with Crippen molar-refractivity contribution in [1.82, 2.24) is 14.9 Å². The van der Waals surface area contributed by atoms with E-state index in [0.717, 1.165) is 42.8 Å². The van der Waals surface area contributed by atoms with E-state index in [9.17, 15) is 0 Å². The molecule has 0 bridgehead atoms. The summed E-state index contributed by atoms with van der Waals surface area (Å²) >= 11 is 1.69. The lowest BCUT2D eigenvalue weighted by atomic mass is 10.3. The Morgan fingerprint density at radius 3 is 2.65 bits per heavy atom. The van der Waals surface area contributed by atoms with Gasteiger partial charge < -0.3 is 16.0 Å². The summed E-state index contributed by atoms with van der Waals surface area (Å²) in [7, 11) is 0. The highest BCUT2D eigenvalue weighted by molar-refractivity contribution is 7.18. The number of nitrogen functional groups attached to an aromatic ring is 1. The van der Waals surface area contributed by atoms with Gasteiger partial charge in [0.1, 0.15) is 10.6 Å². The molecule has 5 nitrogen and oxygen atoms in total. The Labute approximate surface area is 124 Å². The summed E-state index contributed by atoms with van der Waals surface area (Å²) in [6.07, 6.45) is 1.01. The number of hydrogen-bond donors (Lipinski definition) is 2. The zero-order valence-corrected chi connectivity index (χ0v) is 13.3. The second-order valence-corrected chi connectivity index (χ2v) is 5.79. The van der Waals surface area contributed by atoms with Gasteiger partial charge in [0.05, 0.1) is 5.39 Å². The largest absolute Gasteiger partial charge is 0.383 e. The Bertz CT molecular complexity index is 562. The predicted octanol–water partition coefficient (Wildman–Crippen LogP) is 2.59. The van der Waals surface area contributed by atoms with Crippen molar-refractivity contribution in [1.29, 1.82) is 0 Å². The second-order valence-electron chi connectivity index (χ2n) is 4.67. The molecule has 0 saturated heterocycles. The fourth-order valence-corrected chi connectivity index (χ4v) is 3.09. The number of nitrogens with zero attached hydrogens (tertiary/aromatic N) is 3. The number of rotatable bonds is 7. The van der Waals surface area contributed by atoms with Gasteiger partial charge in [-0.25, -0.2) is 4.98 Å². The van der Waals surface area contributed by atoms with Gasteiger partial charge in [0.25, 0.3) is 0 Å². The van der Waals surface area contributed by atoms with Crippen LogP contribution in [0.2, 0.25) is 0 Å². The molecular weight excluding hydrogens is 270 g/mol. The molecule has 0 fully saturated rings. The average Bonchev–Trinajstić information content (AvgIpc) is 2.87. The van der Waals surface area contributed by atoms with E-state index in [0.29, 0.717) is 11.8 Å². The smallest absolute Gasteiger partial charge is 0.226 e. The lowest BCUT2D eigenvalue weighted by molar-refractivity contribution is 0.316. The first kappa shape index (κ1) is 15.0. The number of anilines is 2. The molecule has 110 valence electrons. The first-order chi connectivity index (χ1) is 9.67. The summed E-state index contributed by atoms with van der Waals surface area (Å²) in [5.74, 6) is 1.20. The van der Waals surface area contributed by atoms with Gasteiger partial charge >= 0.3 is 0 Å². The lowest BCUT2D eigenvalue weighted by Gasteiger charge is -2.17. The lowest BCUT2D eigenvalue weighted by Crippen LogP contribution is -2.29. The van der Waals surface area contributed by atoms with E-state index >= 15 is 0 Å². The van der Waals surface area contributed by atoms with Crippen LogP contribution >= 0.6 is 11.3 Å². The van der Waals surface area contributed by atoms with Gasteiger partial charge in [-0.05, 0) is 25.6 Å². The molecule has 0 amide bonds. The molecule has 0 aliphatic carbocycles. The number of fused-ring (bicyclic) bond motifs is 1. The minimum absolute atomic E-state index is 0.566. The normalized spacial score (nSPS) is 11.4. The highest BCUT2D eigenvalue weighted by Crippen LogP contribution is 2.28. The van der Waals surface area contributed by atoms with E-state index in [1.54, 1.807) is 11.3 Å². The predicted molar refractivity (Wildman–Crippen MR) is 87.5 cm³/mol. The van der Waals surface area contributed by atoms with Crippen molar-refractivity contribution in [2.75, 3.05) is 37.2 Å². The molecule has 20 heavy (non-hydrogen) atoms. The molecule has 2 aromatic heterocycles. The van der Waals surface area contributed by atoms with E-state index in [4.69, 9.17) is 5.73 Å². The number of thiophene rings is 1. The number of hydrogen-bond acceptors (Lipinski definition) is 6. The summed E-state index contributed by atoms with van der Waals surface area (Å²) in [6.45, 7) is 10.4. The monoisotopic (exact) mass is 293 g/mol. The quantitative estimate of drug-likeness (QED) is 0.821. The maximum Gasteiger partial charge on any atom is 0.226 e. The topological polar surface area (TPSA) is 67.1 Å². The molecule has 2 rings (SSSR count). The maximum absolute atomic E-state index is 6.01. The van der Waals surface area contributed by atoms with Gasteiger partial charge in [0.15, 0.2) is 0 Å². The van der Waals surface area contributed by atoms with E-state index < -0.39 is 0 Å². The zero-order valence-electron chi connectivity index (χ0n) is 12.4. The van der Waals surface area contributed by atoms with Gasteiger partial charge in [-0.2, -0.15) is 4.98 Å². The number of nitrogens with two attached hydrogens (primary N) is 1. The van der Waals surface area contributed by atoms with Crippen LogP contribution in [0.15, 0.2) is 6.07 Å². The van der Waals surface area contributed by atoms with Gasteiger partial charge in [0, 0.05) is 18.0 Å². The van der Waals surface area contributed by atoms with Crippen molar-refractivity contribution in [3.05, 3.63) is 10.9 Å². The number of aromatic nitrogens is 2. The number of aryl methyl sites for hydroxylation is 1. The summed E-state index contributed by atoms with van der Waals surface area (Å²) in [5, 5.41) is 4.24. The molecule has 0 aromatic carbocycles. The summed E-state index contributed by atoms with van der Waals surface area (Å²) in [5.41, 5.74) is 6.01. The number of likely N-dealkylation sites (N-methyl/N-ethyl adjacent to an activating group) is 1.